The second kappa shape index (κ2) is 2.73. The van der Waals surface area contributed by atoms with Crippen LogP contribution in [0.5, 0.6) is 0 Å². The van der Waals surface area contributed by atoms with E-state index in [4.69, 9.17) is 24.8 Å². The Morgan fingerprint density at radius 1 is 1.67 bits per heavy atom. The molecule has 0 nitrogen and oxygen atoms in total. The lowest BCUT2D eigenvalue weighted by Gasteiger charge is -2.06. The smallest absolute Gasteiger partial charge is 0.0204 e. The Labute approximate surface area is 69.0 Å². The zero-order chi connectivity index (χ0) is 6.85. The fraction of sp³-hybridized carbons (Fsp3) is 0.167. The zero-order valence-electron chi connectivity index (χ0n) is 4.88. The number of rotatable bonds is 0. The van der Waals surface area contributed by atoms with Gasteiger partial charge in [-0.3, -0.25) is 0 Å². The van der Waals surface area contributed by atoms with Crippen LogP contribution in [0.25, 0.3) is 0 Å². The quantitative estimate of drug-likeness (QED) is 0.437. The van der Waals surface area contributed by atoms with Crippen LogP contribution in [0.3, 0.4) is 0 Å². The van der Waals surface area contributed by atoms with Crippen LogP contribution >= 0.6 is 23.6 Å². The molecule has 0 fully saturated rings. The fourth-order valence-corrected chi connectivity index (χ4v) is 1.71. The second-order valence-electron chi connectivity index (χ2n) is 1.67. The van der Waals surface area contributed by atoms with Crippen LogP contribution in [0.4, 0.5) is 0 Å². The maximum Gasteiger partial charge on any atom is 0.0204 e. The van der Waals surface area contributed by atoms with Gasteiger partial charge in [-0.15, -0.1) is 4.90 Å². The molecule has 0 aliphatic heterocycles. The topological polar surface area (TPSA) is 0 Å². The first-order valence-electron chi connectivity index (χ1n) is 2.47. The summed E-state index contributed by atoms with van der Waals surface area (Å²) in [5, 5.41) is 1.97. The summed E-state index contributed by atoms with van der Waals surface area (Å²) in [7, 11) is 0. The summed E-state index contributed by atoms with van der Waals surface area (Å²) in [6.45, 7) is 1.99. The Hall–Kier alpha value is 0.01000. The van der Waals surface area contributed by atoms with Crippen molar-refractivity contribution in [1.29, 1.82) is 0 Å². The Balaban J connectivity index is 3.43. The summed E-state index contributed by atoms with van der Waals surface area (Å²) >= 11 is 11.6. The monoisotopic (exact) mass is 173 g/mol. The van der Waals surface area contributed by atoms with Crippen LogP contribution in [0.1, 0.15) is 4.88 Å². The Morgan fingerprint density at radius 3 is 2.78 bits per heavy atom. The highest BCUT2D eigenvalue weighted by molar-refractivity contribution is 7.72. The van der Waals surface area contributed by atoms with E-state index in [9.17, 15) is 0 Å². The van der Waals surface area contributed by atoms with Crippen LogP contribution < -0.4 is 0 Å². The zero-order valence-corrected chi connectivity index (χ0v) is 7.33. The first-order valence-corrected chi connectivity index (χ1v) is 4.17. The lowest BCUT2D eigenvalue weighted by atomic mass is 10.5. The van der Waals surface area contributed by atoms with E-state index in [-0.39, 0.29) is 0 Å². The van der Waals surface area contributed by atoms with E-state index in [1.165, 1.54) is 0 Å². The molecule has 0 unspecified atom stereocenters. The van der Waals surface area contributed by atoms with Gasteiger partial charge in [0.2, 0.25) is 0 Å². The van der Waals surface area contributed by atoms with Crippen molar-refractivity contribution in [1.82, 2.24) is 0 Å². The average molecular weight is 173 g/mol. The lowest BCUT2D eigenvalue weighted by Crippen LogP contribution is -1.74. The molecule has 9 heavy (non-hydrogen) atoms. The largest absolute Gasteiger partial charge is 0.777 e. The summed E-state index contributed by atoms with van der Waals surface area (Å²) in [6, 6.07) is 1.87. The van der Waals surface area contributed by atoms with E-state index >= 15 is 0 Å². The molecule has 0 radical (unpaired) electrons. The molecule has 0 aliphatic rings. The molecule has 0 amide bonds. The van der Waals surface area contributed by atoms with Gasteiger partial charge in [-0.05, 0) is 23.2 Å². The average Bonchev–Trinajstić information content (AvgIpc) is 1.83. The van der Waals surface area contributed by atoms with Crippen LogP contribution in [-0.4, -0.2) is 0 Å². The van der Waals surface area contributed by atoms with Crippen molar-refractivity contribution in [2.45, 2.75) is 11.8 Å². The predicted octanol–water partition coefficient (Wildman–Crippen LogP) is 2.69. The summed E-state index contributed by atoms with van der Waals surface area (Å²) < 4.78 is 0.793. The molecule has 1 rings (SSSR count). The van der Waals surface area contributed by atoms with E-state index in [0.29, 0.717) is 0 Å². The van der Waals surface area contributed by atoms with E-state index in [2.05, 4.69) is 0 Å². The molecule has 1 aromatic rings. The third kappa shape index (κ3) is 1.47. The second-order valence-corrected chi connectivity index (χ2v) is 3.64. The molecule has 3 heteroatoms. The number of hydrogen-bond acceptors (Lipinski definition) is 3. The van der Waals surface area contributed by atoms with Gasteiger partial charge < -0.3 is 12.6 Å². The van der Waals surface area contributed by atoms with Crippen molar-refractivity contribution in [3.63, 3.8) is 0 Å². The molecule has 1 aromatic heterocycles. The highest BCUT2D eigenvalue weighted by Gasteiger charge is 1.83. The molecular weight excluding hydrogens is 168 g/mol. The van der Waals surface area contributed by atoms with Gasteiger partial charge in [0.1, 0.15) is 0 Å². The van der Waals surface area contributed by atoms with E-state index in [0.717, 1.165) is 14.3 Å². The van der Waals surface area contributed by atoms with Gasteiger partial charge in [-0.25, -0.2) is 0 Å². The number of aryl methyl sites for hydroxylation is 1. The van der Waals surface area contributed by atoms with Crippen molar-refractivity contribution in [3.05, 3.63) is 20.8 Å². The van der Waals surface area contributed by atoms with Crippen molar-refractivity contribution in [2.24, 2.45) is 0 Å². The van der Waals surface area contributed by atoms with Gasteiger partial charge in [-0.1, -0.05) is 12.2 Å². The highest BCUT2D eigenvalue weighted by atomic mass is 32.1. The molecule has 0 saturated heterocycles. The Bertz CT molecular complexity index is 261. The van der Waals surface area contributed by atoms with Crippen molar-refractivity contribution in [3.8, 4) is 0 Å². The van der Waals surface area contributed by atoms with Crippen LogP contribution in [0.15, 0.2) is 16.3 Å². The van der Waals surface area contributed by atoms with Crippen molar-refractivity contribution < 1.29 is 0 Å². The minimum Gasteiger partial charge on any atom is -0.777 e. The molecule has 1 heterocycles. The molecule has 0 aliphatic carbocycles. The third-order valence-corrected chi connectivity index (χ3v) is 2.96. The predicted molar refractivity (Wildman–Crippen MR) is 45.5 cm³/mol. The van der Waals surface area contributed by atoms with Gasteiger partial charge >= 0.3 is 0 Å². The molecule has 0 N–H and O–H groups in total. The summed E-state index contributed by atoms with van der Waals surface area (Å²) in [5.74, 6) is 0. The summed E-state index contributed by atoms with van der Waals surface area (Å²) in [5.41, 5.74) is 0. The minimum atomic E-state index is 0.793. The van der Waals surface area contributed by atoms with E-state index in [1.54, 1.807) is 11.3 Å². The summed E-state index contributed by atoms with van der Waals surface area (Å²) in [4.78, 5) is 1.97. The molecule has 0 aromatic carbocycles. The molecule has 0 bridgehead atoms. The first-order chi connectivity index (χ1) is 4.22. The first kappa shape index (κ1) is 7.12. The van der Waals surface area contributed by atoms with E-state index < -0.39 is 0 Å². The molecule has 0 atom stereocenters. The SMILES string of the molecule is Cc1sccc(=S)c1[S-]. The highest BCUT2D eigenvalue weighted by Crippen LogP contribution is 2.13. The van der Waals surface area contributed by atoms with Crippen LogP contribution in [-0.2, 0) is 12.6 Å². The van der Waals surface area contributed by atoms with E-state index in [1.807, 2.05) is 18.4 Å². The molecule has 48 valence electrons. The van der Waals surface area contributed by atoms with Gasteiger partial charge in [0.05, 0.1) is 0 Å². The van der Waals surface area contributed by atoms with Gasteiger partial charge in [-0.2, -0.15) is 11.3 Å². The van der Waals surface area contributed by atoms with Crippen molar-refractivity contribution in [2.75, 3.05) is 0 Å². The van der Waals surface area contributed by atoms with Gasteiger partial charge in [0.15, 0.2) is 0 Å². The number of hydrogen-bond donors (Lipinski definition) is 0. The maximum absolute atomic E-state index is 5.00. The maximum atomic E-state index is 5.00. The van der Waals surface area contributed by atoms with Crippen LogP contribution in [0.2, 0.25) is 0 Å². The van der Waals surface area contributed by atoms with Gasteiger partial charge in [0, 0.05) is 4.51 Å². The van der Waals surface area contributed by atoms with Crippen LogP contribution in [0, 0.1) is 11.4 Å². The summed E-state index contributed by atoms with van der Waals surface area (Å²) in [6.07, 6.45) is 0. The Kier molecular flexibility index (Phi) is 2.16. The minimum absolute atomic E-state index is 0.793. The van der Waals surface area contributed by atoms with Crippen molar-refractivity contribution >= 4 is 36.2 Å². The normalized spacial score (nSPS) is 9.44. The molecular formula is C6H5S3-. The third-order valence-electron chi connectivity index (χ3n) is 1.01. The lowest BCUT2D eigenvalue weighted by molar-refractivity contribution is 1.38. The molecule has 0 saturated carbocycles. The Morgan fingerprint density at radius 2 is 2.33 bits per heavy atom. The fourth-order valence-electron chi connectivity index (χ4n) is 0.501. The van der Waals surface area contributed by atoms with Gasteiger partial charge in [0.25, 0.3) is 0 Å². The molecule has 0 spiro atoms. The standard InChI is InChI=1S/C6H6S3/c1-4-6(8)5(7)2-3-9-4/h2-3,8H,1H3/p-1.